The number of hydrogen-bond acceptors (Lipinski definition) is 5. The van der Waals surface area contributed by atoms with E-state index in [1.807, 2.05) is 25.1 Å². The Kier molecular flexibility index (Phi) is 4.09. The quantitative estimate of drug-likeness (QED) is 0.533. The normalized spacial score (nSPS) is 10.8. The highest BCUT2D eigenvalue weighted by atomic mass is 16.5. The van der Waals surface area contributed by atoms with Gasteiger partial charge in [-0.05, 0) is 38.0 Å². The molecule has 6 nitrogen and oxygen atoms in total. The van der Waals surface area contributed by atoms with Gasteiger partial charge in [0.2, 0.25) is 0 Å². The van der Waals surface area contributed by atoms with Crippen LogP contribution in [0.5, 0.6) is 0 Å². The van der Waals surface area contributed by atoms with E-state index in [4.69, 9.17) is 4.74 Å². The molecule has 3 aromatic heterocycles. The van der Waals surface area contributed by atoms with Gasteiger partial charge in [-0.15, -0.1) is 0 Å². The van der Waals surface area contributed by atoms with Gasteiger partial charge in [0.25, 0.3) is 0 Å². The lowest BCUT2D eigenvalue weighted by Gasteiger charge is -2.04. The van der Waals surface area contributed by atoms with Gasteiger partial charge in [0.15, 0.2) is 5.65 Å². The van der Waals surface area contributed by atoms with E-state index in [0.29, 0.717) is 17.8 Å². The average Bonchev–Trinajstić information content (AvgIpc) is 2.95. The number of nitrogens with zero attached hydrogens (tertiary/aromatic N) is 4. The molecule has 0 aliphatic rings. The molecule has 0 unspecified atom stereocenters. The van der Waals surface area contributed by atoms with Gasteiger partial charge in [0, 0.05) is 23.8 Å². The molecule has 0 saturated heterocycles. The van der Waals surface area contributed by atoms with Gasteiger partial charge in [-0.25, -0.2) is 14.3 Å². The van der Waals surface area contributed by atoms with Gasteiger partial charge < -0.3 is 4.74 Å². The zero-order valence-corrected chi connectivity index (χ0v) is 12.3. The molecule has 0 aromatic carbocycles. The Morgan fingerprint density at radius 2 is 2.23 bits per heavy atom. The van der Waals surface area contributed by atoms with E-state index in [2.05, 4.69) is 15.1 Å². The molecule has 0 aliphatic heterocycles. The van der Waals surface area contributed by atoms with Crippen molar-refractivity contribution in [1.82, 2.24) is 19.6 Å². The Balaban J connectivity index is 1.54. The third-order valence-corrected chi connectivity index (χ3v) is 3.26. The molecule has 22 heavy (non-hydrogen) atoms. The van der Waals surface area contributed by atoms with E-state index in [-0.39, 0.29) is 0 Å². The Labute approximate surface area is 127 Å². The van der Waals surface area contributed by atoms with E-state index in [1.54, 1.807) is 23.0 Å². The van der Waals surface area contributed by atoms with Crippen molar-refractivity contribution in [3.8, 4) is 0 Å². The number of rotatable bonds is 5. The molecule has 0 atom stereocenters. The predicted octanol–water partition coefficient (Wildman–Crippen LogP) is 2.22. The third kappa shape index (κ3) is 3.11. The molecule has 0 fully saturated rings. The van der Waals surface area contributed by atoms with Gasteiger partial charge in [0.05, 0.1) is 12.8 Å². The van der Waals surface area contributed by atoms with Crippen molar-refractivity contribution in [2.24, 2.45) is 0 Å². The second-order valence-corrected chi connectivity index (χ2v) is 4.96. The van der Waals surface area contributed by atoms with Crippen LogP contribution in [0.15, 0.2) is 42.9 Å². The topological polar surface area (TPSA) is 69.4 Å². The van der Waals surface area contributed by atoms with Crippen LogP contribution >= 0.6 is 0 Å². The van der Waals surface area contributed by atoms with Crippen molar-refractivity contribution in [1.29, 1.82) is 0 Å². The summed E-state index contributed by atoms with van der Waals surface area (Å²) in [5.41, 5.74) is 2.89. The molecule has 6 heteroatoms. The fourth-order valence-corrected chi connectivity index (χ4v) is 2.21. The summed E-state index contributed by atoms with van der Waals surface area (Å²) in [7, 11) is 0. The lowest BCUT2D eigenvalue weighted by atomic mass is 10.2. The van der Waals surface area contributed by atoms with Crippen LogP contribution in [0.4, 0.5) is 0 Å². The van der Waals surface area contributed by atoms with Crippen LogP contribution in [0, 0.1) is 6.92 Å². The van der Waals surface area contributed by atoms with Crippen LogP contribution in [0.2, 0.25) is 0 Å². The van der Waals surface area contributed by atoms with Crippen molar-refractivity contribution < 1.29 is 9.53 Å². The fourth-order valence-electron chi connectivity index (χ4n) is 2.21. The lowest BCUT2D eigenvalue weighted by molar-refractivity contribution is 0.0502. The highest BCUT2D eigenvalue weighted by Gasteiger charge is 2.14. The molecule has 3 rings (SSSR count). The standard InChI is InChI=1S/C16H16N4O2/c1-12-5-2-6-13(19-12)7-3-10-22-16(21)14-11-18-20-9-4-8-17-15(14)20/h2,4-6,8-9,11H,3,7,10H2,1H3. The first kappa shape index (κ1) is 14.2. The van der Waals surface area contributed by atoms with Crippen molar-refractivity contribution in [2.45, 2.75) is 19.8 Å². The molecule has 0 amide bonds. The summed E-state index contributed by atoms with van der Waals surface area (Å²) in [6, 6.07) is 7.67. The maximum Gasteiger partial charge on any atom is 0.343 e. The van der Waals surface area contributed by atoms with Gasteiger partial charge >= 0.3 is 5.97 Å². The van der Waals surface area contributed by atoms with Crippen LogP contribution in [0.1, 0.15) is 28.2 Å². The van der Waals surface area contributed by atoms with E-state index in [9.17, 15) is 4.79 Å². The number of ether oxygens (including phenoxy) is 1. The minimum absolute atomic E-state index is 0.346. The van der Waals surface area contributed by atoms with Gasteiger partial charge in [-0.2, -0.15) is 5.10 Å². The van der Waals surface area contributed by atoms with Crippen LogP contribution in [0.25, 0.3) is 5.65 Å². The first-order chi connectivity index (χ1) is 10.7. The maximum absolute atomic E-state index is 12.1. The van der Waals surface area contributed by atoms with E-state index in [1.165, 1.54) is 6.20 Å². The van der Waals surface area contributed by atoms with Gasteiger partial charge in [-0.3, -0.25) is 4.98 Å². The monoisotopic (exact) mass is 296 g/mol. The molecular formula is C16H16N4O2. The largest absolute Gasteiger partial charge is 0.462 e. The van der Waals surface area contributed by atoms with Crippen molar-refractivity contribution >= 4 is 11.6 Å². The first-order valence-electron chi connectivity index (χ1n) is 7.12. The number of hydrogen-bond donors (Lipinski definition) is 0. The number of carbonyl (C=O) groups is 1. The Bertz CT molecular complexity index is 797. The van der Waals surface area contributed by atoms with E-state index < -0.39 is 5.97 Å². The van der Waals surface area contributed by atoms with Crippen molar-refractivity contribution in [3.63, 3.8) is 0 Å². The summed E-state index contributed by atoms with van der Waals surface area (Å²) in [6.45, 7) is 2.31. The summed E-state index contributed by atoms with van der Waals surface area (Å²) >= 11 is 0. The highest BCUT2D eigenvalue weighted by Crippen LogP contribution is 2.09. The highest BCUT2D eigenvalue weighted by molar-refractivity contribution is 5.95. The zero-order valence-electron chi connectivity index (χ0n) is 12.3. The van der Waals surface area contributed by atoms with Crippen LogP contribution < -0.4 is 0 Å². The number of esters is 1. The summed E-state index contributed by atoms with van der Waals surface area (Å²) < 4.78 is 6.84. The molecule has 0 radical (unpaired) electrons. The predicted molar refractivity (Wildman–Crippen MR) is 80.6 cm³/mol. The molecule has 112 valence electrons. The average molecular weight is 296 g/mol. The van der Waals surface area contributed by atoms with E-state index in [0.717, 1.165) is 24.2 Å². The minimum atomic E-state index is -0.397. The SMILES string of the molecule is Cc1cccc(CCCOC(=O)c2cnn3cccnc23)n1. The first-order valence-corrected chi connectivity index (χ1v) is 7.12. The number of fused-ring (bicyclic) bond motifs is 1. The van der Waals surface area contributed by atoms with Gasteiger partial charge in [0.1, 0.15) is 5.56 Å². The van der Waals surface area contributed by atoms with Crippen LogP contribution in [0.3, 0.4) is 0 Å². The number of aryl methyl sites for hydroxylation is 2. The van der Waals surface area contributed by atoms with Crippen LogP contribution in [-0.2, 0) is 11.2 Å². The number of aromatic nitrogens is 4. The number of carbonyl (C=O) groups excluding carboxylic acids is 1. The Morgan fingerprint density at radius 1 is 1.32 bits per heavy atom. The Morgan fingerprint density at radius 3 is 3.09 bits per heavy atom. The van der Waals surface area contributed by atoms with Gasteiger partial charge in [-0.1, -0.05) is 6.07 Å². The molecule has 0 saturated carbocycles. The maximum atomic E-state index is 12.1. The summed E-state index contributed by atoms with van der Waals surface area (Å²) in [5.74, 6) is -0.397. The molecule has 0 aliphatic carbocycles. The van der Waals surface area contributed by atoms with E-state index >= 15 is 0 Å². The van der Waals surface area contributed by atoms with Crippen molar-refractivity contribution in [2.75, 3.05) is 6.61 Å². The number of pyridine rings is 1. The van der Waals surface area contributed by atoms with Crippen molar-refractivity contribution in [3.05, 3.63) is 59.8 Å². The fraction of sp³-hybridized carbons (Fsp3) is 0.250. The molecule has 3 heterocycles. The summed E-state index contributed by atoms with van der Waals surface area (Å²) in [6.07, 6.45) is 6.35. The zero-order chi connectivity index (χ0) is 15.4. The molecular weight excluding hydrogens is 280 g/mol. The molecule has 3 aromatic rings. The molecule has 0 bridgehead atoms. The third-order valence-electron chi connectivity index (χ3n) is 3.26. The minimum Gasteiger partial charge on any atom is -0.462 e. The summed E-state index contributed by atoms with van der Waals surface area (Å²) in [5, 5.41) is 4.07. The smallest absolute Gasteiger partial charge is 0.343 e. The molecule has 0 spiro atoms. The molecule has 0 N–H and O–H groups in total. The Hall–Kier alpha value is -2.76. The second-order valence-electron chi connectivity index (χ2n) is 4.96. The second kappa shape index (κ2) is 6.34. The van der Waals surface area contributed by atoms with Crippen LogP contribution in [-0.4, -0.2) is 32.2 Å². The lowest BCUT2D eigenvalue weighted by Crippen LogP contribution is -2.07. The summed E-state index contributed by atoms with van der Waals surface area (Å²) in [4.78, 5) is 20.6.